The monoisotopic (exact) mass is 278 g/mol. The molecule has 1 nitrogen and oxygen atoms in total. The Balaban J connectivity index is 0. The minimum atomic E-state index is -1.23. The molecule has 0 amide bonds. The fraction of sp³-hybridized carbons (Fsp3) is 0.429. The van der Waals surface area contributed by atoms with E-state index in [1.54, 1.807) is 19.1 Å². The first kappa shape index (κ1) is 21.3. The summed E-state index contributed by atoms with van der Waals surface area (Å²) in [5, 5.41) is 12.1. The van der Waals surface area contributed by atoms with Crippen LogP contribution in [0, 0.1) is 23.3 Å². The zero-order valence-corrected chi connectivity index (χ0v) is 18.0. The molecule has 0 radical (unpaired) electrons. The van der Waals surface area contributed by atoms with Gasteiger partial charge in [0.25, 0.3) is 0 Å². The Morgan fingerprint density at radius 2 is 1.53 bits per heavy atom. The minimum absolute atomic E-state index is 0. The van der Waals surface area contributed by atoms with Gasteiger partial charge in [0.1, 0.15) is 0 Å². The minimum Gasteiger partial charge on any atom is -0.840 e. The Kier molecular flexibility index (Phi) is 11.3. The first-order chi connectivity index (χ1) is 6.83. The van der Waals surface area contributed by atoms with Gasteiger partial charge in [0.2, 0.25) is 0 Å². The molecule has 0 aliphatic heterocycles. The van der Waals surface area contributed by atoms with Gasteiger partial charge in [-0.3, -0.25) is 0 Å². The van der Waals surface area contributed by atoms with Gasteiger partial charge in [-0.2, -0.15) is 30.3 Å². The summed E-state index contributed by atoms with van der Waals surface area (Å²) in [4.78, 5) is 0. The van der Waals surface area contributed by atoms with E-state index in [1.165, 1.54) is 0 Å². The van der Waals surface area contributed by atoms with Crippen molar-refractivity contribution in [3.05, 3.63) is 35.9 Å². The Bertz CT molecular complexity index is 380. The molecule has 0 saturated heterocycles. The second-order valence-electron chi connectivity index (χ2n) is 4.82. The van der Waals surface area contributed by atoms with Crippen LogP contribution in [-0.2, 0) is 0 Å². The predicted octanol–water partition coefficient (Wildman–Crippen LogP) is -3.99. The van der Waals surface area contributed by atoms with Gasteiger partial charge >= 0.3 is 103 Å². The van der Waals surface area contributed by atoms with Crippen LogP contribution in [0.3, 0.4) is 0 Å². The van der Waals surface area contributed by atoms with E-state index in [-0.39, 0.29) is 108 Å². The Morgan fingerprint density at radius 3 is 1.94 bits per heavy atom. The summed E-state index contributed by atoms with van der Waals surface area (Å²) in [6, 6.07) is 10.2. The first-order valence-electron chi connectivity index (χ1n) is 5.03. The quantitative estimate of drug-likeness (QED) is 0.270. The molecule has 0 aliphatic rings. The van der Waals surface area contributed by atoms with Gasteiger partial charge in [-0.05, 0) is 11.0 Å². The maximum atomic E-state index is 12.1. The summed E-state index contributed by atoms with van der Waals surface area (Å²) in [5.41, 5.74) is -0.729. The molecular formula is C14H16K2O. The average Bonchev–Trinajstić information content (AvgIpc) is 2.15. The van der Waals surface area contributed by atoms with Crippen LogP contribution in [0.15, 0.2) is 24.3 Å². The van der Waals surface area contributed by atoms with E-state index in [4.69, 9.17) is 0 Å². The topological polar surface area (TPSA) is 23.1 Å². The third kappa shape index (κ3) is 7.38. The van der Waals surface area contributed by atoms with Crippen molar-refractivity contribution >= 4 is 0 Å². The number of rotatable bonds is 0. The molecule has 1 rings (SSSR count). The normalized spacial score (nSPS) is 13.2. The zero-order chi connectivity index (χ0) is 11.5. The molecule has 1 aromatic rings. The van der Waals surface area contributed by atoms with Gasteiger partial charge in [0.05, 0.1) is 0 Å². The van der Waals surface area contributed by atoms with Crippen LogP contribution in [0.1, 0.15) is 33.3 Å². The van der Waals surface area contributed by atoms with Crippen molar-refractivity contribution < 1.29 is 108 Å². The molecule has 0 aromatic heterocycles. The predicted molar refractivity (Wildman–Crippen MR) is 60.0 cm³/mol. The fourth-order valence-corrected chi connectivity index (χ4v) is 0.849. The van der Waals surface area contributed by atoms with E-state index in [9.17, 15) is 5.11 Å². The van der Waals surface area contributed by atoms with Gasteiger partial charge < -0.3 is 5.11 Å². The largest absolute Gasteiger partial charge is 1.00 e. The molecule has 3 heteroatoms. The van der Waals surface area contributed by atoms with E-state index in [1.807, 2.05) is 32.9 Å². The summed E-state index contributed by atoms with van der Waals surface area (Å²) < 4.78 is 0. The van der Waals surface area contributed by atoms with Crippen molar-refractivity contribution in [1.82, 2.24) is 0 Å². The van der Waals surface area contributed by atoms with E-state index in [0.717, 1.165) is 5.56 Å². The number of hydrogen-bond acceptors (Lipinski definition) is 1. The summed E-state index contributed by atoms with van der Waals surface area (Å²) in [6.07, 6.45) is 0. The molecule has 17 heavy (non-hydrogen) atoms. The van der Waals surface area contributed by atoms with Crippen LogP contribution in [-0.4, -0.2) is 5.60 Å². The molecule has 0 aliphatic carbocycles. The van der Waals surface area contributed by atoms with Crippen molar-refractivity contribution in [3.8, 4) is 11.8 Å². The summed E-state index contributed by atoms with van der Waals surface area (Å²) >= 11 is 0. The maximum absolute atomic E-state index is 12.1. The smallest absolute Gasteiger partial charge is 0.840 e. The standard InChI is InChI=1S/C14H16O.2K/c1-13(2,3)14(4,15)11-10-12-8-6-5-7-9-12;;/h6-9H,1-4H3;;/q-2;2*+1. The molecule has 0 saturated carbocycles. The third-order valence-electron chi connectivity index (χ3n) is 2.59. The molecule has 1 aromatic carbocycles. The molecule has 1 atom stereocenters. The number of hydrogen-bond donors (Lipinski definition) is 0. The summed E-state index contributed by atoms with van der Waals surface area (Å²) in [7, 11) is 0. The number of benzene rings is 1. The van der Waals surface area contributed by atoms with Gasteiger partial charge in [-0.15, -0.1) is 5.92 Å². The third-order valence-corrected chi connectivity index (χ3v) is 2.59. The van der Waals surface area contributed by atoms with Gasteiger partial charge in [0, 0.05) is 0 Å². The Morgan fingerprint density at radius 1 is 1.06 bits per heavy atom. The van der Waals surface area contributed by atoms with Crippen molar-refractivity contribution in [2.45, 2.75) is 33.3 Å². The SMILES string of the molecule is CC(C)(C)C(C)([O-])C#Cc1cc[c-]cc1.[K+].[K+]. The molecule has 0 fully saturated rings. The molecule has 0 spiro atoms. The molecule has 1 unspecified atom stereocenters. The summed E-state index contributed by atoms with van der Waals surface area (Å²) in [5.74, 6) is 5.70. The van der Waals surface area contributed by atoms with Crippen molar-refractivity contribution in [1.29, 1.82) is 0 Å². The van der Waals surface area contributed by atoms with Crippen LogP contribution in [0.4, 0.5) is 0 Å². The van der Waals surface area contributed by atoms with Gasteiger partial charge in [0.15, 0.2) is 0 Å². The molecule has 80 valence electrons. The Hall–Kier alpha value is 2.01. The van der Waals surface area contributed by atoms with Crippen LogP contribution >= 0.6 is 0 Å². The van der Waals surface area contributed by atoms with Crippen LogP contribution in [0.25, 0.3) is 0 Å². The Labute approximate surface area is 190 Å². The van der Waals surface area contributed by atoms with Gasteiger partial charge in [-0.1, -0.05) is 39.2 Å². The van der Waals surface area contributed by atoms with Crippen LogP contribution in [0.2, 0.25) is 0 Å². The van der Waals surface area contributed by atoms with E-state index >= 15 is 0 Å². The van der Waals surface area contributed by atoms with E-state index in [2.05, 4.69) is 17.9 Å². The second kappa shape index (κ2) is 9.04. The molecular weight excluding hydrogens is 262 g/mol. The van der Waals surface area contributed by atoms with E-state index < -0.39 is 5.60 Å². The van der Waals surface area contributed by atoms with E-state index in [0.29, 0.717) is 0 Å². The molecule has 0 bridgehead atoms. The maximum Gasteiger partial charge on any atom is 1.00 e. The first-order valence-corrected chi connectivity index (χ1v) is 5.03. The molecule has 0 heterocycles. The van der Waals surface area contributed by atoms with Crippen molar-refractivity contribution in [2.75, 3.05) is 0 Å². The molecule has 0 N–H and O–H groups in total. The second-order valence-corrected chi connectivity index (χ2v) is 4.82. The summed E-state index contributed by atoms with van der Waals surface area (Å²) in [6.45, 7) is 7.36. The van der Waals surface area contributed by atoms with Crippen molar-refractivity contribution in [2.24, 2.45) is 5.41 Å². The average molecular weight is 278 g/mol. The van der Waals surface area contributed by atoms with Crippen molar-refractivity contribution in [3.63, 3.8) is 0 Å². The zero-order valence-electron chi connectivity index (χ0n) is 11.7. The van der Waals surface area contributed by atoms with Crippen LogP contribution < -0.4 is 108 Å². The fourth-order valence-electron chi connectivity index (χ4n) is 0.849. The van der Waals surface area contributed by atoms with Crippen LogP contribution in [0.5, 0.6) is 0 Å². The van der Waals surface area contributed by atoms with Gasteiger partial charge in [-0.25, -0.2) is 0 Å².